The van der Waals surface area contributed by atoms with Crippen LogP contribution in [0.1, 0.15) is 18.4 Å². The second-order valence-corrected chi connectivity index (χ2v) is 9.45. The third-order valence-electron chi connectivity index (χ3n) is 6.56. The van der Waals surface area contributed by atoms with E-state index in [0.29, 0.717) is 30.8 Å². The predicted octanol–water partition coefficient (Wildman–Crippen LogP) is 1.75. The van der Waals surface area contributed by atoms with Gasteiger partial charge < -0.3 is 35.0 Å². The molecule has 2 fully saturated rings. The molecule has 0 bridgehead atoms. The number of aliphatic hydroxyl groups is 1. The van der Waals surface area contributed by atoms with Crippen LogP contribution < -0.4 is 20.3 Å². The molecule has 4 rings (SSSR count). The lowest BCUT2D eigenvalue weighted by atomic mass is 10.1. The van der Waals surface area contributed by atoms with Crippen molar-refractivity contribution in [3.8, 4) is 17.1 Å². The summed E-state index contributed by atoms with van der Waals surface area (Å²) in [7, 11) is 6.08. The van der Waals surface area contributed by atoms with Crippen molar-refractivity contribution in [3.05, 3.63) is 29.8 Å². The molecule has 3 heterocycles. The van der Waals surface area contributed by atoms with E-state index in [2.05, 4.69) is 41.5 Å². The Morgan fingerprint density at radius 3 is 2.85 bits per heavy atom. The van der Waals surface area contributed by atoms with Gasteiger partial charge in [0.1, 0.15) is 30.1 Å². The second-order valence-electron chi connectivity index (χ2n) is 9.45. The Kier molecular flexibility index (Phi) is 8.20. The van der Waals surface area contributed by atoms with Crippen molar-refractivity contribution in [2.45, 2.75) is 38.0 Å². The number of ether oxygens (including phenoxy) is 2. The number of likely N-dealkylation sites (N-methyl/N-ethyl adjacent to an activating group) is 2. The van der Waals surface area contributed by atoms with E-state index in [-0.39, 0.29) is 12.6 Å². The highest BCUT2D eigenvalue weighted by atomic mass is 16.5. The van der Waals surface area contributed by atoms with Gasteiger partial charge in [-0.05, 0) is 53.0 Å². The van der Waals surface area contributed by atoms with Crippen molar-refractivity contribution in [3.63, 3.8) is 0 Å². The summed E-state index contributed by atoms with van der Waals surface area (Å²) in [6.45, 7) is 6.19. The van der Waals surface area contributed by atoms with E-state index >= 15 is 0 Å². The average molecular weight is 471 g/mol. The molecule has 2 saturated heterocycles. The van der Waals surface area contributed by atoms with Gasteiger partial charge in [-0.3, -0.25) is 0 Å². The lowest BCUT2D eigenvalue weighted by Crippen LogP contribution is -2.32. The van der Waals surface area contributed by atoms with Crippen molar-refractivity contribution in [2.24, 2.45) is 0 Å². The van der Waals surface area contributed by atoms with Gasteiger partial charge in [0.15, 0.2) is 5.82 Å². The average Bonchev–Trinajstić information content (AvgIpc) is 3.52. The molecule has 0 aliphatic carbocycles. The Labute approximate surface area is 202 Å². The van der Waals surface area contributed by atoms with Crippen LogP contribution in [0.25, 0.3) is 11.4 Å². The molecule has 186 valence electrons. The quantitative estimate of drug-likeness (QED) is 0.480. The van der Waals surface area contributed by atoms with Gasteiger partial charge in [0.25, 0.3) is 0 Å². The molecule has 0 amide bonds. The van der Waals surface area contributed by atoms with Crippen LogP contribution in [0.2, 0.25) is 0 Å². The van der Waals surface area contributed by atoms with Crippen molar-refractivity contribution >= 4 is 11.6 Å². The molecule has 3 atom stereocenters. The second kappa shape index (κ2) is 11.3. The number of anilines is 2. The number of hydrogen-bond donors (Lipinski definition) is 3. The van der Waals surface area contributed by atoms with Crippen LogP contribution in [0.15, 0.2) is 24.3 Å². The van der Waals surface area contributed by atoms with E-state index in [1.54, 1.807) is 7.05 Å². The molecule has 34 heavy (non-hydrogen) atoms. The Morgan fingerprint density at radius 1 is 1.29 bits per heavy atom. The summed E-state index contributed by atoms with van der Waals surface area (Å²) in [6.07, 6.45) is 1.52. The molecule has 2 aliphatic rings. The van der Waals surface area contributed by atoms with Gasteiger partial charge in [-0.15, -0.1) is 0 Å². The van der Waals surface area contributed by atoms with Crippen molar-refractivity contribution in [2.75, 3.05) is 70.8 Å². The number of aliphatic hydroxyl groups excluding tert-OH is 1. The van der Waals surface area contributed by atoms with Crippen LogP contribution in [0.5, 0.6) is 5.75 Å². The Balaban J connectivity index is 1.63. The molecule has 9 heteroatoms. The molecule has 1 unspecified atom stereocenters. The Bertz CT molecular complexity index is 950. The van der Waals surface area contributed by atoms with Crippen molar-refractivity contribution in [1.82, 2.24) is 20.2 Å². The lowest BCUT2D eigenvalue weighted by Gasteiger charge is -2.24. The number of benzene rings is 1. The molecule has 0 radical (unpaired) electrons. The summed E-state index contributed by atoms with van der Waals surface area (Å²) in [5, 5.41) is 16.5. The van der Waals surface area contributed by atoms with Crippen LogP contribution in [-0.4, -0.2) is 98.8 Å². The first kappa shape index (κ1) is 24.7. The normalized spacial score (nSPS) is 21.3. The van der Waals surface area contributed by atoms with E-state index in [1.165, 1.54) is 0 Å². The fourth-order valence-corrected chi connectivity index (χ4v) is 4.49. The first-order valence-electron chi connectivity index (χ1n) is 12.1. The Morgan fingerprint density at radius 2 is 2.15 bits per heavy atom. The van der Waals surface area contributed by atoms with E-state index < -0.39 is 6.10 Å². The maximum absolute atomic E-state index is 9.98. The topological polar surface area (TPSA) is 95.0 Å². The number of nitrogens with one attached hydrogen (secondary N) is 2. The summed E-state index contributed by atoms with van der Waals surface area (Å²) in [5.41, 5.74) is 1.95. The predicted molar refractivity (Wildman–Crippen MR) is 135 cm³/mol. The highest BCUT2D eigenvalue weighted by molar-refractivity contribution is 5.67. The summed E-state index contributed by atoms with van der Waals surface area (Å²) < 4.78 is 11.4. The minimum atomic E-state index is -0.569. The summed E-state index contributed by atoms with van der Waals surface area (Å²) in [4.78, 5) is 14.6. The van der Waals surface area contributed by atoms with Crippen LogP contribution in [0, 0.1) is 6.92 Å². The molecule has 3 N–H and O–H groups in total. The molecular formula is C25H38N6O3. The minimum Gasteiger partial charge on any atom is -0.491 e. The van der Waals surface area contributed by atoms with Crippen LogP contribution in [-0.2, 0) is 4.74 Å². The third kappa shape index (κ3) is 5.96. The highest BCUT2D eigenvalue weighted by Gasteiger charge is 2.28. The Hall–Kier alpha value is -2.46. The zero-order chi connectivity index (χ0) is 24.1. The van der Waals surface area contributed by atoms with Crippen LogP contribution in [0.3, 0.4) is 0 Å². The fraction of sp³-hybridized carbons (Fsp3) is 0.600. The first-order chi connectivity index (χ1) is 16.4. The van der Waals surface area contributed by atoms with E-state index in [9.17, 15) is 5.11 Å². The first-order valence-corrected chi connectivity index (χ1v) is 12.1. The largest absolute Gasteiger partial charge is 0.491 e. The van der Waals surface area contributed by atoms with E-state index in [0.717, 1.165) is 55.3 Å². The van der Waals surface area contributed by atoms with Gasteiger partial charge in [0.2, 0.25) is 0 Å². The number of hydrogen-bond acceptors (Lipinski definition) is 9. The molecule has 0 saturated carbocycles. The van der Waals surface area contributed by atoms with Gasteiger partial charge in [-0.1, -0.05) is 12.1 Å². The summed E-state index contributed by atoms with van der Waals surface area (Å²) in [5.74, 6) is 3.19. The highest BCUT2D eigenvalue weighted by Crippen LogP contribution is 2.32. The van der Waals surface area contributed by atoms with E-state index in [1.807, 2.05) is 24.3 Å². The standard InChI is InChI=1S/C25H38N6O3/c1-17-23(27-19-9-11-33-15-19)28-24(29-25(17)31-10-8-20(14-31)30(3)4)18-6-5-7-22(12-18)34-16-21(32)13-26-2/h5-7,12,19-21,26,32H,8-11,13-16H2,1-4H3,(H,27,28,29)/t19-,20-,21?/m1/s1. The monoisotopic (exact) mass is 470 g/mol. The van der Waals surface area contributed by atoms with Crippen molar-refractivity contribution < 1.29 is 14.6 Å². The van der Waals surface area contributed by atoms with Gasteiger partial charge in [-0.25, -0.2) is 9.97 Å². The van der Waals surface area contributed by atoms with Gasteiger partial charge in [0.05, 0.1) is 12.6 Å². The maximum atomic E-state index is 9.98. The number of aromatic nitrogens is 2. The molecule has 1 aromatic carbocycles. The zero-order valence-corrected chi connectivity index (χ0v) is 20.8. The molecular weight excluding hydrogens is 432 g/mol. The van der Waals surface area contributed by atoms with Gasteiger partial charge in [-0.2, -0.15) is 0 Å². The molecule has 9 nitrogen and oxygen atoms in total. The zero-order valence-electron chi connectivity index (χ0n) is 20.8. The molecule has 2 aliphatic heterocycles. The smallest absolute Gasteiger partial charge is 0.164 e. The minimum absolute atomic E-state index is 0.221. The third-order valence-corrected chi connectivity index (χ3v) is 6.56. The molecule has 2 aromatic rings. The lowest BCUT2D eigenvalue weighted by molar-refractivity contribution is 0.108. The van der Waals surface area contributed by atoms with Crippen LogP contribution in [0.4, 0.5) is 11.6 Å². The van der Waals surface area contributed by atoms with Gasteiger partial charge in [0, 0.05) is 43.4 Å². The van der Waals surface area contributed by atoms with Crippen molar-refractivity contribution in [1.29, 1.82) is 0 Å². The number of rotatable bonds is 10. The molecule has 1 aromatic heterocycles. The maximum Gasteiger partial charge on any atom is 0.164 e. The fourth-order valence-electron chi connectivity index (χ4n) is 4.49. The molecule has 0 spiro atoms. The van der Waals surface area contributed by atoms with Crippen LogP contribution >= 0.6 is 0 Å². The summed E-state index contributed by atoms with van der Waals surface area (Å²) in [6, 6.07) is 8.54. The summed E-state index contributed by atoms with van der Waals surface area (Å²) >= 11 is 0. The SMILES string of the molecule is CNCC(O)COc1cccc(-c2nc(N[C@@H]3CCOC3)c(C)c(N3CC[C@@H](N(C)C)C3)n2)c1. The number of nitrogens with zero attached hydrogens (tertiary/aromatic N) is 4. The van der Waals surface area contributed by atoms with Gasteiger partial charge >= 0.3 is 0 Å². The van der Waals surface area contributed by atoms with E-state index in [4.69, 9.17) is 19.4 Å².